The predicted octanol–water partition coefficient (Wildman–Crippen LogP) is 4.52. The third kappa shape index (κ3) is 4.52. The van der Waals surface area contributed by atoms with E-state index in [1.165, 1.54) is 7.05 Å². The number of nitrogens with one attached hydrogen (secondary N) is 1. The average molecular weight is 423 g/mol. The zero-order chi connectivity index (χ0) is 20.7. The Hall–Kier alpha value is -2.01. The van der Waals surface area contributed by atoms with Crippen LogP contribution < -0.4 is 5.32 Å². The van der Waals surface area contributed by atoms with Crippen LogP contribution in [-0.4, -0.2) is 36.1 Å². The van der Waals surface area contributed by atoms with Gasteiger partial charge in [0.25, 0.3) is 5.24 Å². The van der Waals surface area contributed by atoms with E-state index in [0.717, 1.165) is 17.8 Å². The van der Waals surface area contributed by atoms with Crippen molar-refractivity contribution in [3.63, 3.8) is 0 Å². The summed E-state index contributed by atoms with van der Waals surface area (Å²) in [5.41, 5.74) is -2.79. The highest BCUT2D eigenvalue weighted by atomic mass is 32.2. The first-order valence-electron chi connectivity index (χ1n) is 8.15. The Morgan fingerprint density at radius 3 is 2.46 bits per heavy atom. The lowest BCUT2D eigenvalue weighted by Crippen LogP contribution is -2.45. The number of alkyl halides is 6. The first kappa shape index (κ1) is 20.7. The fourth-order valence-electron chi connectivity index (χ4n) is 3.06. The van der Waals surface area contributed by atoms with Crippen molar-refractivity contribution in [3.8, 4) is 0 Å². The van der Waals surface area contributed by atoms with E-state index in [9.17, 15) is 31.1 Å². The van der Waals surface area contributed by atoms with Gasteiger partial charge in [-0.2, -0.15) is 26.3 Å². The summed E-state index contributed by atoms with van der Waals surface area (Å²) >= 11 is 0.997. The molecule has 0 saturated carbocycles. The quantitative estimate of drug-likeness (QED) is 0.727. The maximum atomic E-state index is 13.2. The lowest BCUT2D eigenvalue weighted by molar-refractivity contribution is -0.143. The number of likely N-dealkylation sites (tertiary alicyclic amines) is 1. The summed E-state index contributed by atoms with van der Waals surface area (Å²) in [5, 5.41) is 2.33. The van der Waals surface area contributed by atoms with Crippen LogP contribution in [0.2, 0.25) is 0 Å². The third-order valence-electron chi connectivity index (χ3n) is 4.39. The predicted molar refractivity (Wildman–Crippen MR) is 92.8 cm³/mol. The highest BCUT2D eigenvalue weighted by Crippen LogP contribution is 2.38. The van der Waals surface area contributed by atoms with E-state index in [4.69, 9.17) is 0 Å². The van der Waals surface area contributed by atoms with Gasteiger partial charge < -0.3 is 5.32 Å². The summed E-state index contributed by atoms with van der Waals surface area (Å²) < 4.78 is 77.8. The number of thioether (sulfide) groups is 1. The molecule has 2 fully saturated rings. The minimum absolute atomic E-state index is 0.0238. The molecule has 3 rings (SSSR count). The van der Waals surface area contributed by atoms with Gasteiger partial charge in [0, 0.05) is 32.6 Å². The normalized spacial score (nSPS) is 22.0. The molecule has 1 aromatic rings. The minimum atomic E-state index is -4.87. The summed E-state index contributed by atoms with van der Waals surface area (Å²) in [6, 6.07) is 1.71. The minimum Gasteiger partial charge on any atom is -0.300 e. The molecule has 152 valence electrons. The topological polar surface area (TPSA) is 44.7 Å². The van der Waals surface area contributed by atoms with Crippen LogP contribution in [0.4, 0.5) is 31.1 Å². The van der Waals surface area contributed by atoms with Gasteiger partial charge in [-0.25, -0.2) is 0 Å². The molecule has 0 aliphatic carbocycles. The van der Waals surface area contributed by atoms with Crippen LogP contribution in [0.25, 0.3) is 0 Å². The molecule has 4 nitrogen and oxygen atoms in total. The van der Waals surface area contributed by atoms with Gasteiger partial charge in [-0.3, -0.25) is 14.7 Å². The van der Waals surface area contributed by atoms with Gasteiger partial charge in [-0.15, -0.1) is 0 Å². The monoisotopic (exact) mass is 423 g/mol. The highest BCUT2D eigenvalue weighted by molar-refractivity contribution is 8.18. The second-order valence-electron chi connectivity index (χ2n) is 6.44. The van der Waals surface area contributed by atoms with E-state index in [-0.39, 0.29) is 29.3 Å². The van der Waals surface area contributed by atoms with Crippen LogP contribution in [0.1, 0.15) is 16.7 Å². The molecule has 1 aromatic carbocycles. The molecule has 0 aromatic heterocycles. The van der Waals surface area contributed by atoms with Crippen molar-refractivity contribution in [1.82, 2.24) is 10.2 Å². The molecule has 0 atom stereocenters. The van der Waals surface area contributed by atoms with Crippen LogP contribution in [0, 0.1) is 5.92 Å². The van der Waals surface area contributed by atoms with Crippen molar-refractivity contribution in [1.29, 1.82) is 0 Å². The van der Waals surface area contributed by atoms with E-state index in [2.05, 4.69) is 10.3 Å². The van der Waals surface area contributed by atoms with Gasteiger partial charge in [0.05, 0.1) is 16.0 Å². The zero-order valence-electron chi connectivity index (χ0n) is 14.5. The summed E-state index contributed by atoms with van der Waals surface area (Å²) in [4.78, 5) is 17.7. The molecule has 2 aliphatic rings. The summed E-state index contributed by atoms with van der Waals surface area (Å²) in [6.45, 7) is 0.771. The number of nitrogens with zero attached hydrogens (tertiary/aromatic N) is 2. The van der Waals surface area contributed by atoms with Crippen molar-refractivity contribution >= 4 is 22.8 Å². The number of carbonyl (C=O) groups excluding carboxylic acids is 1. The number of halogens is 6. The second-order valence-corrected chi connectivity index (χ2v) is 7.45. The van der Waals surface area contributed by atoms with Crippen molar-refractivity contribution in [2.24, 2.45) is 10.9 Å². The number of hydrogen-bond acceptors (Lipinski definition) is 4. The lowest BCUT2D eigenvalue weighted by atomic mass is 9.96. The Balaban J connectivity index is 1.70. The number of benzene rings is 1. The number of amides is 1. The van der Waals surface area contributed by atoms with Gasteiger partial charge in [-0.05, 0) is 29.5 Å². The molecule has 28 heavy (non-hydrogen) atoms. The van der Waals surface area contributed by atoms with Crippen LogP contribution in [0.3, 0.4) is 0 Å². The lowest BCUT2D eigenvalue weighted by Gasteiger charge is -2.38. The molecule has 1 N–H and O–H groups in total. The van der Waals surface area contributed by atoms with Gasteiger partial charge in [-0.1, -0.05) is 12.1 Å². The number of hydrogen-bond donors (Lipinski definition) is 1. The molecular formula is C17H15F6N3OS. The van der Waals surface area contributed by atoms with Crippen LogP contribution in [0.5, 0.6) is 0 Å². The van der Waals surface area contributed by atoms with Gasteiger partial charge in [0.1, 0.15) is 5.84 Å². The smallest absolute Gasteiger partial charge is 0.300 e. The molecule has 2 heterocycles. The van der Waals surface area contributed by atoms with E-state index in [1.54, 1.807) is 4.90 Å². The molecule has 2 saturated heterocycles. The number of amidine groups is 1. The van der Waals surface area contributed by atoms with Crippen molar-refractivity contribution in [2.45, 2.75) is 18.9 Å². The Labute approximate surface area is 160 Å². The molecule has 0 spiro atoms. The average Bonchev–Trinajstić information content (AvgIpc) is 2.90. The van der Waals surface area contributed by atoms with Crippen molar-refractivity contribution < 1.29 is 31.1 Å². The molecule has 11 heteroatoms. The Morgan fingerprint density at radius 1 is 1.21 bits per heavy atom. The van der Waals surface area contributed by atoms with E-state index in [0.29, 0.717) is 29.9 Å². The fourth-order valence-corrected chi connectivity index (χ4v) is 3.91. The molecule has 0 bridgehead atoms. The largest absolute Gasteiger partial charge is 0.416 e. The number of rotatable bonds is 3. The van der Waals surface area contributed by atoms with Crippen molar-refractivity contribution in [2.75, 3.05) is 20.1 Å². The van der Waals surface area contributed by atoms with Gasteiger partial charge in [0.15, 0.2) is 0 Å². The zero-order valence-corrected chi connectivity index (χ0v) is 15.3. The Morgan fingerprint density at radius 2 is 1.89 bits per heavy atom. The highest BCUT2D eigenvalue weighted by Gasteiger charge is 2.39. The molecule has 0 radical (unpaired) electrons. The fraction of sp³-hybridized carbons (Fsp3) is 0.412. The van der Waals surface area contributed by atoms with Gasteiger partial charge >= 0.3 is 12.4 Å². The molecule has 0 unspecified atom stereocenters. The first-order valence-corrected chi connectivity index (χ1v) is 8.96. The third-order valence-corrected chi connectivity index (χ3v) is 5.23. The maximum absolute atomic E-state index is 13.2. The van der Waals surface area contributed by atoms with E-state index >= 15 is 0 Å². The maximum Gasteiger partial charge on any atom is 0.416 e. The second kappa shape index (κ2) is 7.43. The summed E-state index contributed by atoms with van der Waals surface area (Å²) in [7, 11) is 1.53. The standard InChI is InChI=1S/C17H15F6N3OS/c1-24-14-13(28-15(27)25-14)4-9-6-26(7-9)8-10-2-3-11(16(18,19)20)5-12(10)17(21,22)23/h2-5,9H,6-8H2,1H3,(H,24,25,27)/b13-4-. The van der Waals surface area contributed by atoms with E-state index < -0.39 is 23.5 Å². The molecular weight excluding hydrogens is 408 g/mol. The SMILES string of the molecule is CN=C1NC(=O)S/C1=C\C1CN(Cc2ccc(C(F)(F)F)cc2C(F)(F)F)C1. The summed E-state index contributed by atoms with van der Waals surface area (Å²) in [5.74, 6) is 0.478. The first-order chi connectivity index (χ1) is 13.0. The number of carbonyl (C=O) groups is 1. The van der Waals surface area contributed by atoms with Crippen LogP contribution in [-0.2, 0) is 18.9 Å². The van der Waals surface area contributed by atoms with E-state index in [1.807, 2.05) is 6.08 Å². The van der Waals surface area contributed by atoms with Crippen LogP contribution in [0.15, 0.2) is 34.2 Å². The summed E-state index contributed by atoms with van der Waals surface area (Å²) in [6.07, 6.45) is -7.88. The molecule has 2 aliphatic heterocycles. The molecule has 1 amide bonds. The van der Waals surface area contributed by atoms with Gasteiger partial charge in [0.2, 0.25) is 0 Å². The van der Waals surface area contributed by atoms with Crippen molar-refractivity contribution in [3.05, 3.63) is 45.9 Å². The number of aliphatic imine (C=N–C) groups is 1. The Bertz CT molecular complexity index is 840. The Kier molecular flexibility index (Phi) is 5.50. The van der Waals surface area contributed by atoms with Crippen LogP contribution >= 0.6 is 11.8 Å².